The van der Waals surface area contributed by atoms with Crippen molar-refractivity contribution in [2.45, 2.75) is 19.9 Å². The minimum Gasteiger partial charge on any atom is -0.482 e. The van der Waals surface area contributed by atoms with Crippen LogP contribution in [-0.2, 0) is 4.79 Å². The number of pyridine rings is 1. The molecule has 1 aromatic carbocycles. The van der Waals surface area contributed by atoms with Crippen molar-refractivity contribution in [3.8, 4) is 5.75 Å². The molecule has 150 valence electrons. The molecular weight excluding hydrogens is 378 g/mol. The molecule has 9 nitrogen and oxygen atoms in total. The molecule has 1 aliphatic heterocycles. The number of Topliss-reactive ketones (excluding diaryl/α,β-unsaturated/α-hetero) is 1. The van der Waals surface area contributed by atoms with E-state index in [0.717, 1.165) is 10.8 Å². The molecule has 0 fully saturated rings. The van der Waals surface area contributed by atoms with Gasteiger partial charge >= 0.3 is 0 Å². The number of nitro groups is 1. The van der Waals surface area contributed by atoms with Crippen LogP contribution in [-0.4, -0.2) is 34.3 Å². The quantitative estimate of drug-likeness (QED) is 0.320. The zero-order valence-corrected chi connectivity index (χ0v) is 16.0. The van der Waals surface area contributed by atoms with Gasteiger partial charge in [0.1, 0.15) is 5.75 Å². The monoisotopic (exact) mass is 397 g/mol. The van der Waals surface area contributed by atoms with Crippen LogP contribution in [0.3, 0.4) is 0 Å². The average molecular weight is 397 g/mol. The molecule has 1 atom stereocenters. The van der Waals surface area contributed by atoms with Gasteiger partial charge in [0.25, 0.3) is 17.2 Å². The number of rotatable bonds is 6. The van der Waals surface area contributed by atoms with Gasteiger partial charge in [-0.05, 0) is 32.0 Å². The highest BCUT2D eigenvalue weighted by molar-refractivity contribution is 6.03. The van der Waals surface area contributed by atoms with E-state index in [9.17, 15) is 24.5 Å². The van der Waals surface area contributed by atoms with Crippen molar-refractivity contribution in [3.05, 3.63) is 74.7 Å². The average Bonchev–Trinajstić information content (AvgIpc) is 2.70. The number of anilines is 1. The van der Waals surface area contributed by atoms with Crippen molar-refractivity contribution in [2.24, 2.45) is 0 Å². The first-order valence-corrected chi connectivity index (χ1v) is 8.84. The number of nitrogens with zero attached hydrogens (tertiary/aromatic N) is 3. The molecule has 3 rings (SSSR count). The van der Waals surface area contributed by atoms with Crippen LogP contribution in [0, 0.1) is 17.0 Å². The molecule has 9 heteroatoms. The van der Waals surface area contributed by atoms with E-state index in [1.807, 2.05) is 0 Å². The normalized spacial score (nSPS) is 14.0. The van der Waals surface area contributed by atoms with Crippen LogP contribution in [0.15, 0.2) is 47.9 Å². The van der Waals surface area contributed by atoms with Gasteiger partial charge in [-0.1, -0.05) is 6.08 Å². The second-order valence-corrected chi connectivity index (χ2v) is 6.66. The maximum absolute atomic E-state index is 13.0. The molecule has 1 amide bonds. The molecule has 0 saturated carbocycles. The Balaban J connectivity index is 2.02. The number of hydrogen-bond acceptors (Lipinski definition) is 6. The van der Waals surface area contributed by atoms with E-state index in [-0.39, 0.29) is 35.9 Å². The maximum Gasteiger partial charge on any atom is 0.286 e. The second-order valence-electron chi connectivity index (χ2n) is 6.66. The Morgan fingerprint density at radius 1 is 1.38 bits per heavy atom. The van der Waals surface area contributed by atoms with E-state index >= 15 is 0 Å². The summed E-state index contributed by atoms with van der Waals surface area (Å²) in [4.78, 5) is 49.5. The molecule has 1 aromatic heterocycles. The molecular formula is C20H19N3O6. The Kier molecular flexibility index (Phi) is 5.31. The predicted octanol–water partition coefficient (Wildman–Crippen LogP) is 2.42. The zero-order chi connectivity index (χ0) is 21.3. The van der Waals surface area contributed by atoms with Gasteiger partial charge < -0.3 is 9.64 Å². The van der Waals surface area contributed by atoms with E-state index in [1.165, 1.54) is 36.9 Å². The number of carbonyl (C=O) groups is 2. The van der Waals surface area contributed by atoms with Gasteiger partial charge in [-0.3, -0.25) is 29.1 Å². The summed E-state index contributed by atoms with van der Waals surface area (Å²) in [7, 11) is 0. The van der Waals surface area contributed by atoms with Gasteiger partial charge in [0.15, 0.2) is 12.4 Å². The summed E-state index contributed by atoms with van der Waals surface area (Å²) in [6, 6.07) is 4.83. The van der Waals surface area contributed by atoms with E-state index in [4.69, 9.17) is 4.74 Å². The van der Waals surface area contributed by atoms with E-state index in [2.05, 4.69) is 6.58 Å². The fourth-order valence-corrected chi connectivity index (χ4v) is 3.17. The lowest BCUT2D eigenvalue weighted by atomic mass is 10.0. The minimum absolute atomic E-state index is 0.104. The molecule has 0 bridgehead atoms. The molecule has 0 N–H and O–H groups in total. The highest BCUT2D eigenvalue weighted by Gasteiger charge is 2.27. The fourth-order valence-electron chi connectivity index (χ4n) is 3.17. The van der Waals surface area contributed by atoms with E-state index in [0.29, 0.717) is 11.4 Å². The standard InChI is InChI=1S/C20H19N3O6/c1-4-7-21-16-9-14(5-6-17(16)29-11-18(21)24)19(25)13(3)22-10-15(23(27)28)8-12(2)20(22)26/h4-6,8-10,13H,1,7,11H2,2-3H3. The van der Waals surface area contributed by atoms with Gasteiger partial charge in [-0.15, -0.1) is 6.58 Å². The molecule has 0 spiro atoms. The van der Waals surface area contributed by atoms with Gasteiger partial charge in [0.2, 0.25) is 0 Å². The number of aryl methyl sites for hydroxylation is 1. The van der Waals surface area contributed by atoms with Gasteiger partial charge in [-0.2, -0.15) is 0 Å². The Labute approximate surface area is 166 Å². The lowest BCUT2D eigenvalue weighted by Crippen LogP contribution is -2.39. The number of amides is 1. The van der Waals surface area contributed by atoms with Crippen LogP contribution in [0.2, 0.25) is 0 Å². The number of ketones is 1. The van der Waals surface area contributed by atoms with Crippen molar-refractivity contribution < 1.29 is 19.2 Å². The predicted molar refractivity (Wildman–Crippen MR) is 106 cm³/mol. The van der Waals surface area contributed by atoms with Crippen LogP contribution in [0.5, 0.6) is 5.75 Å². The molecule has 1 aliphatic rings. The third kappa shape index (κ3) is 3.66. The van der Waals surface area contributed by atoms with Crippen molar-refractivity contribution >= 4 is 23.1 Å². The summed E-state index contributed by atoms with van der Waals surface area (Å²) >= 11 is 0. The van der Waals surface area contributed by atoms with Crippen molar-refractivity contribution in [1.29, 1.82) is 0 Å². The number of hydrogen-bond donors (Lipinski definition) is 0. The van der Waals surface area contributed by atoms with Crippen molar-refractivity contribution in [3.63, 3.8) is 0 Å². The first-order chi connectivity index (χ1) is 13.7. The Morgan fingerprint density at radius 2 is 2.10 bits per heavy atom. The highest BCUT2D eigenvalue weighted by Crippen LogP contribution is 2.33. The highest BCUT2D eigenvalue weighted by atomic mass is 16.6. The lowest BCUT2D eigenvalue weighted by Gasteiger charge is -2.29. The smallest absolute Gasteiger partial charge is 0.286 e. The molecule has 2 aromatic rings. The summed E-state index contributed by atoms with van der Waals surface area (Å²) < 4.78 is 6.46. The first-order valence-electron chi connectivity index (χ1n) is 8.84. The summed E-state index contributed by atoms with van der Waals surface area (Å²) in [5, 5.41) is 11.1. The number of carbonyl (C=O) groups excluding carboxylic acids is 2. The third-order valence-corrected chi connectivity index (χ3v) is 4.71. The lowest BCUT2D eigenvalue weighted by molar-refractivity contribution is -0.385. The summed E-state index contributed by atoms with van der Waals surface area (Å²) in [5.74, 6) is -0.231. The molecule has 0 aliphatic carbocycles. The second kappa shape index (κ2) is 7.70. The van der Waals surface area contributed by atoms with E-state index in [1.54, 1.807) is 12.1 Å². The summed E-state index contributed by atoms with van der Waals surface area (Å²) in [6.45, 7) is 6.74. The Morgan fingerprint density at radius 3 is 2.76 bits per heavy atom. The molecule has 0 radical (unpaired) electrons. The topological polar surface area (TPSA) is 112 Å². The van der Waals surface area contributed by atoms with Crippen LogP contribution in [0.25, 0.3) is 0 Å². The van der Waals surface area contributed by atoms with Crippen LogP contribution < -0.4 is 15.2 Å². The number of ether oxygens (including phenoxy) is 1. The molecule has 2 heterocycles. The first kappa shape index (κ1) is 20.0. The molecule has 29 heavy (non-hydrogen) atoms. The van der Waals surface area contributed by atoms with E-state index < -0.39 is 22.3 Å². The summed E-state index contributed by atoms with van der Waals surface area (Å²) in [5.41, 5.74) is 0.0893. The van der Waals surface area contributed by atoms with Crippen molar-refractivity contribution in [1.82, 2.24) is 4.57 Å². The Bertz CT molecular complexity index is 1090. The van der Waals surface area contributed by atoms with Crippen LogP contribution >= 0.6 is 0 Å². The van der Waals surface area contributed by atoms with Gasteiger partial charge in [0.05, 0.1) is 22.8 Å². The molecule has 1 unspecified atom stereocenters. The Hall–Kier alpha value is -3.75. The van der Waals surface area contributed by atoms with Crippen LogP contribution in [0.1, 0.15) is 28.9 Å². The zero-order valence-electron chi connectivity index (χ0n) is 16.0. The molecule has 0 saturated heterocycles. The van der Waals surface area contributed by atoms with Crippen molar-refractivity contribution in [2.75, 3.05) is 18.1 Å². The van der Waals surface area contributed by atoms with Gasteiger partial charge in [0, 0.05) is 23.7 Å². The third-order valence-electron chi connectivity index (χ3n) is 4.71. The summed E-state index contributed by atoms with van der Waals surface area (Å²) in [6.07, 6.45) is 2.63. The van der Waals surface area contributed by atoms with Crippen LogP contribution in [0.4, 0.5) is 11.4 Å². The number of benzene rings is 1. The van der Waals surface area contributed by atoms with Gasteiger partial charge in [-0.25, -0.2) is 0 Å². The minimum atomic E-state index is -0.979. The SMILES string of the molecule is C=CCN1C(=O)COc2ccc(C(=O)C(C)n3cc([N+](=O)[O-])cc(C)c3=O)cc21. The number of aromatic nitrogens is 1. The fraction of sp³-hybridized carbons (Fsp3) is 0.250. The largest absolute Gasteiger partial charge is 0.482 e. The maximum atomic E-state index is 13.0. The number of fused-ring (bicyclic) bond motifs is 1.